The molecular formula is C13H18N2S. The Morgan fingerprint density at radius 2 is 1.94 bits per heavy atom. The summed E-state index contributed by atoms with van der Waals surface area (Å²) in [6, 6.07) is 8.48. The molecule has 3 heteroatoms. The number of hydrogen-bond donors (Lipinski definition) is 1. The van der Waals surface area contributed by atoms with Gasteiger partial charge in [0, 0.05) is 21.5 Å². The summed E-state index contributed by atoms with van der Waals surface area (Å²) in [6.07, 6.45) is 0. The fourth-order valence-corrected chi connectivity index (χ4v) is 2.76. The van der Waals surface area contributed by atoms with Gasteiger partial charge in [-0.2, -0.15) is 0 Å². The van der Waals surface area contributed by atoms with Crippen molar-refractivity contribution in [1.82, 2.24) is 9.88 Å². The largest absolute Gasteiger partial charge is 0.358 e. The lowest BCUT2D eigenvalue weighted by molar-refractivity contribution is 0.402. The summed E-state index contributed by atoms with van der Waals surface area (Å²) in [4.78, 5) is 7.03. The molecule has 0 saturated carbocycles. The lowest BCUT2D eigenvalue weighted by Gasteiger charge is -2.19. The van der Waals surface area contributed by atoms with E-state index < -0.39 is 0 Å². The average Bonchev–Trinajstić information content (AvgIpc) is 2.55. The van der Waals surface area contributed by atoms with Crippen molar-refractivity contribution in [2.45, 2.75) is 24.1 Å². The molecule has 0 aliphatic carbocycles. The molecule has 2 nitrogen and oxygen atoms in total. The van der Waals surface area contributed by atoms with E-state index in [0.717, 1.165) is 0 Å². The van der Waals surface area contributed by atoms with Crippen molar-refractivity contribution in [3.8, 4) is 0 Å². The number of para-hydroxylation sites is 1. The van der Waals surface area contributed by atoms with Gasteiger partial charge in [-0.05, 0) is 34.0 Å². The topological polar surface area (TPSA) is 19.0 Å². The first-order chi connectivity index (χ1) is 7.59. The number of nitrogens with zero attached hydrogens (tertiary/aromatic N) is 1. The molecule has 0 fully saturated rings. The van der Waals surface area contributed by atoms with Crippen molar-refractivity contribution in [3.05, 3.63) is 30.0 Å². The third-order valence-corrected chi connectivity index (χ3v) is 4.37. The molecule has 0 spiro atoms. The van der Waals surface area contributed by atoms with E-state index in [1.54, 1.807) is 0 Å². The zero-order chi connectivity index (χ0) is 11.7. The molecule has 0 saturated heterocycles. The van der Waals surface area contributed by atoms with Gasteiger partial charge in [0.1, 0.15) is 0 Å². The Bertz CT molecular complexity index is 488. The molecule has 1 atom stereocenters. The Balaban J connectivity index is 2.40. The summed E-state index contributed by atoms with van der Waals surface area (Å²) in [5, 5.41) is 1.82. The second-order valence-electron chi connectivity index (χ2n) is 4.31. The predicted molar refractivity (Wildman–Crippen MR) is 72.0 cm³/mol. The van der Waals surface area contributed by atoms with Crippen LogP contribution in [0.4, 0.5) is 0 Å². The van der Waals surface area contributed by atoms with Crippen LogP contribution in [-0.4, -0.2) is 29.4 Å². The van der Waals surface area contributed by atoms with Gasteiger partial charge in [-0.25, -0.2) is 0 Å². The highest BCUT2D eigenvalue weighted by Crippen LogP contribution is 2.34. The summed E-state index contributed by atoms with van der Waals surface area (Å²) < 4.78 is 0. The molecule has 2 rings (SSSR count). The van der Waals surface area contributed by atoms with Crippen LogP contribution in [0.3, 0.4) is 0 Å². The monoisotopic (exact) mass is 234 g/mol. The molecule has 2 aromatic rings. The highest BCUT2D eigenvalue weighted by Gasteiger charge is 2.13. The predicted octanol–water partition coefficient (Wildman–Crippen LogP) is 3.48. The zero-order valence-electron chi connectivity index (χ0n) is 10.2. The summed E-state index contributed by atoms with van der Waals surface area (Å²) in [6.45, 7) is 4.37. The molecule has 1 unspecified atom stereocenters. The Labute approximate surface area is 101 Å². The third kappa shape index (κ3) is 2.11. The number of fused-ring (bicyclic) bond motifs is 1. The van der Waals surface area contributed by atoms with E-state index in [4.69, 9.17) is 0 Å². The molecule has 1 aromatic heterocycles. The van der Waals surface area contributed by atoms with Crippen LogP contribution in [-0.2, 0) is 0 Å². The van der Waals surface area contributed by atoms with Gasteiger partial charge in [-0.1, -0.05) is 18.2 Å². The lowest BCUT2D eigenvalue weighted by Crippen LogP contribution is -2.20. The van der Waals surface area contributed by atoms with Gasteiger partial charge in [0.05, 0.1) is 5.37 Å². The number of hydrogen-bond acceptors (Lipinski definition) is 2. The standard InChI is InChI=1S/C13H18N2S/c1-9-13(16-10(2)15(3)4)11-7-5-6-8-12(11)14-9/h5-8,10,14H,1-4H3. The Hall–Kier alpha value is -0.930. The molecule has 16 heavy (non-hydrogen) atoms. The molecule has 1 heterocycles. The summed E-state index contributed by atoms with van der Waals surface area (Å²) in [5.41, 5.74) is 2.49. The van der Waals surface area contributed by atoms with Crippen molar-refractivity contribution < 1.29 is 0 Å². The SMILES string of the molecule is Cc1[nH]c2ccccc2c1SC(C)N(C)C. The molecule has 86 valence electrons. The first-order valence-corrected chi connectivity index (χ1v) is 6.38. The number of thioether (sulfide) groups is 1. The van der Waals surface area contributed by atoms with Gasteiger partial charge in [0.2, 0.25) is 0 Å². The highest BCUT2D eigenvalue weighted by molar-refractivity contribution is 8.00. The zero-order valence-corrected chi connectivity index (χ0v) is 11.1. The van der Waals surface area contributed by atoms with Crippen LogP contribution in [0.25, 0.3) is 10.9 Å². The number of aryl methyl sites for hydroxylation is 1. The van der Waals surface area contributed by atoms with Gasteiger partial charge < -0.3 is 4.98 Å². The third-order valence-electron chi connectivity index (χ3n) is 2.85. The average molecular weight is 234 g/mol. The first kappa shape index (κ1) is 11.6. The smallest absolute Gasteiger partial charge is 0.0571 e. The number of aromatic nitrogens is 1. The molecular weight excluding hydrogens is 216 g/mol. The number of benzene rings is 1. The highest BCUT2D eigenvalue weighted by atomic mass is 32.2. The quantitative estimate of drug-likeness (QED) is 0.647. The number of H-pyrrole nitrogens is 1. The van der Waals surface area contributed by atoms with Crippen molar-refractivity contribution in [1.29, 1.82) is 0 Å². The number of aromatic amines is 1. The number of rotatable bonds is 3. The molecule has 0 amide bonds. The van der Waals surface area contributed by atoms with Gasteiger partial charge in [-0.3, -0.25) is 4.90 Å². The maximum absolute atomic E-state index is 3.43. The normalized spacial score (nSPS) is 13.6. The Morgan fingerprint density at radius 1 is 1.25 bits per heavy atom. The number of nitrogens with one attached hydrogen (secondary N) is 1. The second kappa shape index (κ2) is 4.52. The van der Waals surface area contributed by atoms with E-state index in [9.17, 15) is 0 Å². The maximum Gasteiger partial charge on any atom is 0.0571 e. The van der Waals surface area contributed by atoms with Gasteiger partial charge >= 0.3 is 0 Å². The van der Waals surface area contributed by atoms with Crippen LogP contribution < -0.4 is 0 Å². The van der Waals surface area contributed by atoms with Crippen molar-refractivity contribution >= 4 is 22.7 Å². The van der Waals surface area contributed by atoms with Gasteiger partial charge in [-0.15, -0.1) is 11.8 Å². The van der Waals surface area contributed by atoms with E-state index in [-0.39, 0.29) is 0 Å². The summed E-state index contributed by atoms with van der Waals surface area (Å²) in [5.74, 6) is 0. The summed E-state index contributed by atoms with van der Waals surface area (Å²) in [7, 11) is 4.23. The Kier molecular flexibility index (Phi) is 3.26. The van der Waals surface area contributed by atoms with E-state index in [1.807, 2.05) is 11.8 Å². The second-order valence-corrected chi connectivity index (χ2v) is 5.63. The molecule has 0 aliphatic heterocycles. The maximum atomic E-state index is 3.43. The fraction of sp³-hybridized carbons (Fsp3) is 0.385. The minimum atomic E-state index is 0.484. The van der Waals surface area contributed by atoms with Crippen LogP contribution in [0, 0.1) is 6.92 Å². The van der Waals surface area contributed by atoms with Crippen LogP contribution in [0.5, 0.6) is 0 Å². The van der Waals surface area contributed by atoms with Crippen LogP contribution in [0.15, 0.2) is 29.2 Å². The molecule has 1 aromatic carbocycles. The van der Waals surface area contributed by atoms with Crippen LogP contribution >= 0.6 is 11.8 Å². The lowest BCUT2D eigenvalue weighted by atomic mass is 10.2. The van der Waals surface area contributed by atoms with Gasteiger partial charge in [0.15, 0.2) is 0 Å². The fourth-order valence-electron chi connectivity index (χ4n) is 1.68. The Morgan fingerprint density at radius 3 is 2.62 bits per heavy atom. The molecule has 0 radical (unpaired) electrons. The van der Waals surface area contributed by atoms with Crippen molar-refractivity contribution in [3.63, 3.8) is 0 Å². The van der Waals surface area contributed by atoms with Crippen molar-refractivity contribution in [2.24, 2.45) is 0 Å². The van der Waals surface area contributed by atoms with Gasteiger partial charge in [0.25, 0.3) is 0 Å². The molecule has 0 aliphatic rings. The van der Waals surface area contributed by atoms with E-state index >= 15 is 0 Å². The summed E-state index contributed by atoms with van der Waals surface area (Å²) >= 11 is 1.91. The van der Waals surface area contributed by atoms with E-state index in [0.29, 0.717) is 5.37 Å². The molecule has 1 N–H and O–H groups in total. The minimum absolute atomic E-state index is 0.484. The molecule has 0 bridgehead atoms. The van der Waals surface area contributed by atoms with E-state index in [1.165, 1.54) is 21.5 Å². The first-order valence-electron chi connectivity index (χ1n) is 5.50. The minimum Gasteiger partial charge on any atom is -0.358 e. The van der Waals surface area contributed by atoms with E-state index in [2.05, 4.69) is 62.1 Å². The van der Waals surface area contributed by atoms with Crippen molar-refractivity contribution in [2.75, 3.05) is 14.1 Å². The van der Waals surface area contributed by atoms with Crippen LogP contribution in [0.2, 0.25) is 0 Å². The van der Waals surface area contributed by atoms with Crippen LogP contribution in [0.1, 0.15) is 12.6 Å².